The van der Waals surface area contributed by atoms with Crippen LogP contribution in [0.25, 0.3) is 5.69 Å². The molecule has 0 spiro atoms. The van der Waals surface area contributed by atoms with E-state index in [0.29, 0.717) is 19.6 Å². The molecule has 3 heterocycles. The molecule has 1 aromatic carbocycles. The van der Waals surface area contributed by atoms with Crippen LogP contribution in [0.1, 0.15) is 12.7 Å². The maximum absolute atomic E-state index is 12.1. The minimum absolute atomic E-state index is 0.140. The number of amides is 2. The van der Waals surface area contributed by atoms with Gasteiger partial charge in [0.25, 0.3) is 0 Å². The van der Waals surface area contributed by atoms with Crippen molar-refractivity contribution in [3.05, 3.63) is 36.4 Å². The Morgan fingerprint density at radius 3 is 3.21 bits per heavy atom. The maximum atomic E-state index is 12.1. The van der Waals surface area contributed by atoms with Crippen molar-refractivity contribution >= 4 is 23.4 Å². The molecule has 124 valence electrons. The lowest BCUT2D eigenvalue weighted by Crippen LogP contribution is -2.33. The fraction of sp³-hybridized carbons (Fsp3) is 0.312. The van der Waals surface area contributed by atoms with E-state index in [1.54, 1.807) is 11.1 Å². The minimum atomic E-state index is -0.399. The number of imidazole rings is 1. The molecule has 2 aromatic rings. The second kappa shape index (κ2) is 5.55. The monoisotopic (exact) mass is 327 g/mol. The van der Waals surface area contributed by atoms with Gasteiger partial charge in [-0.2, -0.15) is 0 Å². The first-order valence-corrected chi connectivity index (χ1v) is 7.75. The summed E-state index contributed by atoms with van der Waals surface area (Å²) in [5, 5.41) is 5.99. The van der Waals surface area contributed by atoms with Crippen LogP contribution >= 0.6 is 0 Å². The SMILES string of the molecule is CC(=O)NC[C@H]1CN(c2ccc3c(c2)NCc2nccn2-3)C(=O)O1. The molecule has 0 unspecified atom stereocenters. The molecule has 1 atom stereocenters. The molecule has 1 fully saturated rings. The highest BCUT2D eigenvalue weighted by Crippen LogP contribution is 2.32. The molecule has 24 heavy (non-hydrogen) atoms. The summed E-state index contributed by atoms with van der Waals surface area (Å²) < 4.78 is 7.33. The highest BCUT2D eigenvalue weighted by Gasteiger charge is 2.33. The number of ether oxygens (including phenoxy) is 1. The molecule has 2 aliphatic rings. The number of rotatable bonds is 3. The van der Waals surface area contributed by atoms with Crippen molar-refractivity contribution in [1.82, 2.24) is 14.9 Å². The Morgan fingerprint density at radius 2 is 2.38 bits per heavy atom. The number of anilines is 2. The zero-order chi connectivity index (χ0) is 16.7. The van der Waals surface area contributed by atoms with Crippen LogP contribution in [-0.2, 0) is 16.1 Å². The van der Waals surface area contributed by atoms with Gasteiger partial charge >= 0.3 is 6.09 Å². The summed E-state index contributed by atoms with van der Waals surface area (Å²) in [5.74, 6) is 0.810. The molecule has 0 bridgehead atoms. The number of carbonyl (C=O) groups excluding carboxylic acids is 2. The van der Waals surface area contributed by atoms with Gasteiger partial charge in [-0.15, -0.1) is 0 Å². The van der Waals surface area contributed by atoms with Crippen LogP contribution in [0.3, 0.4) is 0 Å². The lowest BCUT2D eigenvalue weighted by Gasteiger charge is -2.22. The van der Waals surface area contributed by atoms with Crippen LogP contribution in [0.15, 0.2) is 30.6 Å². The summed E-state index contributed by atoms with van der Waals surface area (Å²) >= 11 is 0. The minimum Gasteiger partial charge on any atom is -0.442 e. The van der Waals surface area contributed by atoms with E-state index in [4.69, 9.17) is 4.74 Å². The smallest absolute Gasteiger partial charge is 0.414 e. The molecule has 4 rings (SSSR count). The van der Waals surface area contributed by atoms with Crippen molar-refractivity contribution in [2.75, 3.05) is 23.3 Å². The summed E-state index contributed by atoms with van der Waals surface area (Å²) in [7, 11) is 0. The number of benzene rings is 1. The number of aromatic nitrogens is 2. The van der Waals surface area contributed by atoms with E-state index in [-0.39, 0.29) is 12.0 Å². The molecule has 0 radical (unpaired) electrons. The zero-order valence-corrected chi connectivity index (χ0v) is 13.2. The third-order valence-electron chi connectivity index (χ3n) is 4.16. The Labute approximate surface area is 138 Å². The van der Waals surface area contributed by atoms with Crippen LogP contribution in [0.2, 0.25) is 0 Å². The van der Waals surface area contributed by atoms with Gasteiger partial charge in [0.2, 0.25) is 5.91 Å². The number of carbonyl (C=O) groups is 2. The molecule has 1 aromatic heterocycles. The normalized spacial score (nSPS) is 18.5. The number of hydrogen-bond donors (Lipinski definition) is 2. The van der Waals surface area contributed by atoms with Gasteiger partial charge in [-0.3, -0.25) is 9.69 Å². The van der Waals surface area contributed by atoms with E-state index in [1.807, 2.05) is 29.0 Å². The fourth-order valence-electron chi connectivity index (χ4n) is 3.00. The van der Waals surface area contributed by atoms with Crippen molar-refractivity contribution < 1.29 is 14.3 Å². The number of fused-ring (bicyclic) bond motifs is 3. The van der Waals surface area contributed by atoms with Gasteiger partial charge in [0.1, 0.15) is 11.9 Å². The van der Waals surface area contributed by atoms with Crippen molar-refractivity contribution in [1.29, 1.82) is 0 Å². The Bertz CT molecular complexity index is 816. The van der Waals surface area contributed by atoms with Crippen LogP contribution in [0.5, 0.6) is 0 Å². The summed E-state index contributed by atoms with van der Waals surface area (Å²) in [6, 6.07) is 5.77. The average Bonchev–Trinajstić information content (AvgIpc) is 3.18. The molecular formula is C16H17N5O3. The first-order chi connectivity index (χ1) is 11.6. The Morgan fingerprint density at radius 1 is 1.50 bits per heavy atom. The largest absolute Gasteiger partial charge is 0.442 e. The predicted octanol–water partition coefficient (Wildman–Crippen LogP) is 1.26. The van der Waals surface area contributed by atoms with Gasteiger partial charge in [-0.05, 0) is 18.2 Å². The van der Waals surface area contributed by atoms with Gasteiger partial charge in [0.15, 0.2) is 0 Å². The lowest BCUT2D eigenvalue weighted by atomic mass is 10.2. The van der Waals surface area contributed by atoms with Gasteiger partial charge in [0, 0.05) is 25.0 Å². The fourth-order valence-corrected chi connectivity index (χ4v) is 3.00. The quantitative estimate of drug-likeness (QED) is 0.886. The molecule has 2 aliphatic heterocycles. The van der Waals surface area contributed by atoms with Crippen molar-refractivity contribution in [2.45, 2.75) is 19.6 Å². The summed E-state index contributed by atoms with van der Waals surface area (Å²) in [6.45, 7) is 2.81. The van der Waals surface area contributed by atoms with Crippen molar-refractivity contribution in [3.63, 3.8) is 0 Å². The molecule has 8 nitrogen and oxygen atoms in total. The summed E-state index contributed by atoms with van der Waals surface area (Å²) in [6.07, 6.45) is 2.95. The van der Waals surface area contributed by atoms with Gasteiger partial charge in [-0.1, -0.05) is 0 Å². The highest BCUT2D eigenvalue weighted by atomic mass is 16.6. The standard InChI is InChI=1S/C16H17N5O3/c1-10(22)18-7-12-9-21(16(23)24-12)11-2-3-14-13(6-11)19-8-15-17-4-5-20(14)15/h2-6,12,19H,7-9H2,1H3,(H,18,22)/t12-/m0/s1. The second-order valence-corrected chi connectivity index (χ2v) is 5.82. The molecule has 2 N–H and O–H groups in total. The average molecular weight is 327 g/mol. The van der Waals surface area contributed by atoms with Crippen LogP contribution < -0.4 is 15.5 Å². The molecule has 1 saturated heterocycles. The molecule has 0 aliphatic carbocycles. The highest BCUT2D eigenvalue weighted by molar-refractivity contribution is 5.91. The third-order valence-corrected chi connectivity index (χ3v) is 4.16. The third kappa shape index (κ3) is 2.45. The van der Waals surface area contributed by atoms with Gasteiger partial charge in [0.05, 0.1) is 31.0 Å². The number of hydrogen-bond acceptors (Lipinski definition) is 5. The zero-order valence-electron chi connectivity index (χ0n) is 13.2. The Balaban J connectivity index is 1.56. The van der Waals surface area contributed by atoms with Gasteiger partial charge < -0.3 is 19.9 Å². The van der Waals surface area contributed by atoms with E-state index in [0.717, 1.165) is 22.9 Å². The van der Waals surface area contributed by atoms with Crippen LogP contribution in [0.4, 0.5) is 16.2 Å². The summed E-state index contributed by atoms with van der Waals surface area (Å²) in [5.41, 5.74) is 2.70. The van der Waals surface area contributed by atoms with Crippen LogP contribution in [-0.4, -0.2) is 40.7 Å². The van der Waals surface area contributed by atoms with Crippen molar-refractivity contribution in [3.8, 4) is 5.69 Å². The Kier molecular flexibility index (Phi) is 3.37. The van der Waals surface area contributed by atoms with Crippen LogP contribution in [0, 0.1) is 0 Å². The summed E-state index contributed by atoms with van der Waals surface area (Å²) in [4.78, 5) is 29.0. The number of cyclic esters (lactones) is 1. The number of nitrogens with one attached hydrogen (secondary N) is 2. The molecule has 8 heteroatoms. The van der Waals surface area contributed by atoms with Gasteiger partial charge in [-0.25, -0.2) is 9.78 Å². The Hall–Kier alpha value is -3.03. The lowest BCUT2D eigenvalue weighted by molar-refractivity contribution is -0.119. The van der Waals surface area contributed by atoms with E-state index in [1.165, 1.54) is 6.92 Å². The first kappa shape index (κ1) is 14.6. The molecular weight excluding hydrogens is 310 g/mol. The number of nitrogens with zero attached hydrogens (tertiary/aromatic N) is 3. The maximum Gasteiger partial charge on any atom is 0.414 e. The first-order valence-electron chi connectivity index (χ1n) is 7.75. The molecule has 0 saturated carbocycles. The van der Waals surface area contributed by atoms with E-state index < -0.39 is 6.09 Å². The predicted molar refractivity (Wildman–Crippen MR) is 87.2 cm³/mol. The second-order valence-electron chi connectivity index (χ2n) is 5.82. The molecule has 2 amide bonds. The van der Waals surface area contributed by atoms with E-state index >= 15 is 0 Å². The van der Waals surface area contributed by atoms with E-state index in [9.17, 15) is 9.59 Å². The van der Waals surface area contributed by atoms with Crippen molar-refractivity contribution in [2.24, 2.45) is 0 Å². The van der Waals surface area contributed by atoms with E-state index in [2.05, 4.69) is 15.6 Å². The topological polar surface area (TPSA) is 88.5 Å².